The molecule has 1 atom stereocenters. The van der Waals surface area contributed by atoms with Crippen LogP contribution in [0.3, 0.4) is 0 Å². The molecule has 0 aromatic heterocycles. The van der Waals surface area contributed by atoms with Crippen molar-refractivity contribution in [1.82, 2.24) is 5.32 Å². The summed E-state index contributed by atoms with van der Waals surface area (Å²) in [6.45, 7) is 2.64. The molecule has 20 heavy (non-hydrogen) atoms. The van der Waals surface area contributed by atoms with E-state index in [0.29, 0.717) is 19.4 Å². The number of carbonyl (C=O) groups is 1. The lowest BCUT2D eigenvalue weighted by Crippen LogP contribution is -2.23. The SMILES string of the molecule is CC/C=C/CC[C@@H](O)CCC(=O)NCc1ccccc1. The van der Waals surface area contributed by atoms with Gasteiger partial charge in [0.2, 0.25) is 5.91 Å². The fourth-order valence-electron chi connectivity index (χ4n) is 1.90. The largest absolute Gasteiger partial charge is 0.393 e. The normalized spacial score (nSPS) is 12.5. The minimum Gasteiger partial charge on any atom is -0.393 e. The van der Waals surface area contributed by atoms with Crippen LogP contribution in [0.25, 0.3) is 0 Å². The fraction of sp³-hybridized carbons (Fsp3) is 0.471. The van der Waals surface area contributed by atoms with Gasteiger partial charge in [0, 0.05) is 13.0 Å². The molecule has 0 aliphatic carbocycles. The molecule has 1 aromatic carbocycles. The van der Waals surface area contributed by atoms with Crippen molar-refractivity contribution in [3.05, 3.63) is 48.0 Å². The smallest absolute Gasteiger partial charge is 0.220 e. The van der Waals surface area contributed by atoms with Gasteiger partial charge in [-0.15, -0.1) is 0 Å². The van der Waals surface area contributed by atoms with Gasteiger partial charge in [-0.25, -0.2) is 0 Å². The maximum Gasteiger partial charge on any atom is 0.220 e. The molecule has 0 spiro atoms. The van der Waals surface area contributed by atoms with E-state index in [1.165, 1.54) is 0 Å². The van der Waals surface area contributed by atoms with E-state index in [-0.39, 0.29) is 12.0 Å². The Hall–Kier alpha value is -1.61. The van der Waals surface area contributed by atoms with Crippen molar-refractivity contribution in [3.63, 3.8) is 0 Å². The first-order valence-electron chi connectivity index (χ1n) is 7.36. The van der Waals surface area contributed by atoms with Crippen molar-refractivity contribution in [2.45, 2.75) is 51.7 Å². The number of amides is 1. The number of nitrogens with one attached hydrogen (secondary N) is 1. The lowest BCUT2D eigenvalue weighted by molar-refractivity contribution is -0.121. The van der Waals surface area contributed by atoms with Gasteiger partial charge in [0.15, 0.2) is 0 Å². The van der Waals surface area contributed by atoms with Crippen LogP contribution in [0.5, 0.6) is 0 Å². The van der Waals surface area contributed by atoms with E-state index < -0.39 is 0 Å². The standard InChI is InChI=1S/C17H25NO2/c1-2-3-4-8-11-16(19)12-13-17(20)18-14-15-9-6-5-7-10-15/h3-7,9-10,16,19H,2,8,11-14H2,1H3,(H,18,20)/b4-3+/t16-/m1/s1. The average Bonchev–Trinajstić information content (AvgIpc) is 2.48. The minimum absolute atomic E-state index is 0.00277. The second-order valence-electron chi connectivity index (χ2n) is 4.91. The lowest BCUT2D eigenvalue weighted by Gasteiger charge is -2.09. The second-order valence-corrected chi connectivity index (χ2v) is 4.91. The molecular weight excluding hydrogens is 250 g/mol. The van der Waals surface area contributed by atoms with Gasteiger partial charge in [0.05, 0.1) is 6.10 Å². The number of hydrogen-bond donors (Lipinski definition) is 2. The Balaban J connectivity index is 2.11. The molecule has 1 aromatic rings. The first kappa shape index (κ1) is 16.4. The highest BCUT2D eigenvalue weighted by Crippen LogP contribution is 2.06. The van der Waals surface area contributed by atoms with Crippen LogP contribution < -0.4 is 5.32 Å². The number of rotatable bonds is 9. The Morgan fingerprint density at radius 2 is 2.00 bits per heavy atom. The zero-order valence-electron chi connectivity index (χ0n) is 12.2. The van der Waals surface area contributed by atoms with Gasteiger partial charge in [-0.3, -0.25) is 4.79 Å². The molecule has 0 aliphatic heterocycles. The van der Waals surface area contributed by atoms with E-state index in [1.54, 1.807) is 0 Å². The van der Waals surface area contributed by atoms with Gasteiger partial charge < -0.3 is 10.4 Å². The van der Waals surface area contributed by atoms with E-state index in [9.17, 15) is 9.90 Å². The molecule has 0 radical (unpaired) electrons. The molecule has 0 unspecified atom stereocenters. The van der Waals surface area contributed by atoms with E-state index in [4.69, 9.17) is 0 Å². The summed E-state index contributed by atoms with van der Waals surface area (Å²) in [6.07, 6.45) is 7.32. The zero-order chi connectivity index (χ0) is 14.6. The third-order valence-electron chi connectivity index (χ3n) is 3.11. The maximum atomic E-state index is 11.7. The van der Waals surface area contributed by atoms with Crippen LogP contribution in [0.15, 0.2) is 42.5 Å². The predicted molar refractivity (Wildman–Crippen MR) is 82.2 cm³/mol. The molecule has 0 aliphatic rings. The van der Waals surface area contributed by atoms with Gasteiger partial charge in [-0.05, 0) is 31.2 Å². The minimum atomic E-state index is -0.390. The summed E-state index contributed by atoms with van der Waals surface area (Å²) in [7, 11) is 0. The summed E-state index contributed by atoms with van der Waals surface area (Å²) in [5.74, 6) is -0.00277. The Bertz CT molecular complexity index is 401. The van der Waals surface area contributed by atoms with Crippen LogP contribution in [0.1, 0.15) is 44.6 Å². The van der Waals surface area contributed by atoms with Crippen LogP contribution >= 0.6 is 0 Å². The molecule has 0 saturated carbocycles. The molecule has 0 saturated heterocycles. The Labute approximate surface area is 121 Å². The summed E-state index contributed by atoms with van der Waals surface area (Å²) in [4.78, 5) is 11.7. The molecule has 3 nitrogen and oxygen atoms in total. The van der Waals surface area contributed by atoms with Gasteiger partial charge >= 0.3 is 0 Å². The van der Waals surface area contributed by atoms with Crippen molar-refractivity contribution >= 4 is 5.91 Å². The van der Waals surface area contributed by atoms with Gasteiger partial charge in [0.1, 0.15) is 0 Å². The summed E-state index contributed by atoms with van der Waals surface area (Å²) < 4.78 is 0. The predicted octanol–water partition coefficient (Wildman–Crippen LogP) is 3.19. The molecule has 3 heteroatoms. The first-order chi connectivity index (χ1) is 9.72. The van der Waals surface area contributed by atoms with E-state index in [0.717, 1.165) is 24.8 Å². The zero-order valence-corrected chi connectivity index (χ0v) is 12.2. The number of allylic oxidation sites excluding steroid dienone is 2. The van der Waals surface area contributed by atoms with Crippen LogP contribution in [0.2, 0.25) is 0 Å². The monoisotopic (exact) mass is 275 g/mol. The summed E-state index contributed by atoms with van der Waals surface area (Å²) in [5, 5.41) is 12.6. The molecule has 1 amide bonds. The van der Waals surface area contributed by atoms with Crippen LogP contribution in [0, 0.1) is 0 Å². The fourth-order valence-corrected chi connectivity index (χ4v) is 1.90. The second kappa shape index (κ2) is 10.2. The summed E-state index contributed by atoms with van der Waals surface area (Å²) >= 11 is 0. The van der Waals surface area contributed by atoms with Crippen LogP contribution in [0.4, 0.5) is 0 Å². The average molecular weight is 275 g/mol. The van der Waals surface area contributed by atoms with Gasteiger partial charge in [0.25, 0.3) is 0 Å². The summed E-state index contributed by atoms with van der Waals surface area (Å²) in [6, 6.07) is 9.82. The molecule has 0 fully saturated rings. The molecule has 1 rings (SSSR count). The van der Waals surface area contributed by atoms with Crippen molar-refractivity contribution in [1.29, 1.82) is 0 Å². The lowest BCUT2D eigenvalue weighted by atomic mass is 10.1. The van der Waals surface area contributed by atoms with Crippen molar-refractivity contribution < 1.29 is 9.90 Å². The molecule has 0 heterocycles. The molecular formula is C17H25NO2. The third kappa shape index (κ3) is 7.74. The summed E-state index contributed by atoms with van der Waals surface area (Å²) in [5.41, 5.74) is 1.09. The quantitative estimate of drug-likeness (QED) is 0.680. The number of benzene rings is 1. The molecule has 0 bridgehead atoms. The highest BCUT2D eigenvalue weighted by Gasteiger charge is 2.07. The van der Waals surface area contributed by atoms with Crippen molar-refractivity contribution in [3.8, 4) is 0 Å². The van der Waals surface area contributed by atoms with Gasteiger partial charge in [-0.2, -0.15) is 0 Å². The number of carbonyl (C=O) groups excluding carboxylic acids is 1. The Morgan fingerprint density at radius 3 is 2.70 bits per heavy atom. The highest BCUT2D eigenvalue weighted by atomic mass is 16.3. The first-order valence-corrected chi connectivity index (χ1v) is 7.36. The van der Waals surface area contributed by atoms with Gasteiger partial charge in [-0.1, -0.05) is 49.4 Å². The van der Waals surface area contributed by atoms with Crippen molar-refractivity contribution in [2.75, 3.05) is 0 Å². The van der Waals surface area contributed by atoms with Crippen LogP contribution in [-0.2, 0) is 11.3 Å². The molecule has 2 N–H and O–H groups in total. The van der Waals surface area contributed by atoms with E-state index >= 15 is 0 Å². The number of aliphatic hydroxyl groups is 1. The van der Waals surface area contributed by atoms with E-state index in [2.05, 4.69) is 24.4 Å². The van der Waals surface area contributed by atoms with Crippen LogP contribution in [-0.4, -0.2) is 17.1 Å². The Kier molecular flexibility index (Phi) is 8.40. The maximum absolute atomic E-state index is 11.7. The highest BCUT2D eigenvalue weighted by molar-refractivity contribution is 5.75. The van der Waals surface area contributed by atoms with Crippen molar-refractivity contribution in [2.24, 2.45) is 0 Å². The topological polar surface area (TPSA) is 49.3 Å². The number of aliphatic hydroxyl groups excluding tert-OH is 1. The Morgan fingerprint density at radius 1 is 1.25 bits per heavy atom. The van der Waals surface area contributed by atoms with E-state index in [1.807, 2.05) is 30.3 Å². The number of hydrogen-bond acceptors (Lipinski definition) is 2. The third-order valence-corrected chi connectivity index (χ3v) is 3.11. The molecule has 110 valence electrons.